The average molecular weight is 410 g/mol. The molecule has 28 heavy (non-hydrogen) atoms. The van der Waals surface area contributed by atoms with E-state index in [9.17, 15) is 9.59 Å². The van der Waals surface area contributed by atoms with Gasteiger partial charge in [0.05, 0.1) is 12.1 Å². The number of nitrogens with one attached hydrogen (secondary N) is 1. The fourth-order valence-corrected chi connectivity index (χ4v) is 3.96. The molecule has 0 fully saturated rings. The van der Waals surface area contributed by atoms with Crippen molar-refractivity contribution in [1.29, 1.82) is 0 Å². The summed E-state index contributed by atoms with van der Waals surface area (Å²) in [5, 5.41) is 5.59. The molecule has 0 unspecified atom stereocenters. The highest BCUT2D eigenvalue weighted by atomic mass is 35.5. The van der Waals surface area contributed by atoms with E-state index in [1.807, 2.05) is 36.6 Å². The number of hydrogen-bond donors (Lipinski definition) is 1. The van der Waals surface area contributed by atoms with Crippen LogP contribution in [0.1, 0.15) is 16.0 Å². The van der Waals surface area contributed by atoms with Crippen molar-refractivity contribution < 1.29 is 9.59 Å². The number of amides is 2. The molecule has 1 aromatic carbocycles. The minimum Gasteiger partial charge on any atom is -0.350 e. The monoisotopic (exact) mass is 409 g/mol. The Balaban J connectivity index is 1.74. The number of thiophene rings is 1. The van der Waals surface area contributed by atoms with Gasteiger partial charge in [-0.25, -0.2) is 0 Å². The van der Waals surface area contributed by atoms with E-state index in [2.05, 4.69) is 10.3 Å². The number of imide groups is 1. The third-order valence-electron chi connectivity index (χ3n) is 4.46. The smallest absolute Gasteiger partial charge is 0.278 e. The number of nitrogens with zero attached hydrogens (tertiary/aromatic N) is 2. The molecular weight excluding hydrogens is 394 g/mol. The fraction of sp³-hybridized carbons (Fsp3) is 0.0952. The second-order valence-corrected chi connectivity index (χ2v) is 7.75. The third-order valence-corrected chi connectivity index (χ3v) is 5.58. The highest BCUT2D eigenvalue weighted by Gasteiger charge is 2.39. The second kappa shape index (κ2) is 7.58. The van der Waals surface area contributed by atoms with Crippen LogP contribution in [0.25, 0.3) is 5.57 Å². The first-order chi connectivity index (χ1) is 13.5. The zero-order valence-electron chi connectivity index (χ0n) is 15.0. The standard InChI is InChI=1S/C21H16ClN3O2S/c1-13-6-7-15(22)10-16(13)24-19-18(17-5-3-9-28-17)20(26)25(21(19)27)12-14-4-2-8-23-11-14/h2-11,24H,12H2,1H3. The quantitative estimate of drug-likeness (QED) is 0.630. The maximum absolute atomic E-state index is 13.2. The van der Waals surface area contributed by atoms with E-state index in [4.69, 9.17) is 11.6 Å². The lowest BCUT2D eigenvalue weighted by Crippen LogP contribution is -2.32. The SMILES string of the molecule is Cc1ccc(Cl)cc1NC1=C(c2cccs2)C(=O)N(Cc2cccnc2)C1=O. The van der Waals surface area contributed by atoms with E-state index < -0.39 is 0 Å². The van der Waals surface area contributed by atoms with Crippen molar-refractivity contribution in [2.45, 2.75) is 13.5 Å². The van der Waals surface area contributed by atoms with Gasteiger partial charge in [0, 0.05) is 28.0 Å². The number of halogens is 1. The molecule has 0 saturated carbocycles. The predicted molar refractivity (Wildman–Crippen MR) is 111 cm³/mol. The summed E-state index contributed by atoms with van der Waals surface area (Å²) in [5.41, 5.74) is 3.05. The van der Waals surface area contributed by atoms with Gasteiger partial charge in [0.15, 0.2) is 0 Å². The summed E-state index contributed by atoms with van der Waals surface area (Å²) in [7, 11) is 0. The Morgan fingerprint density at radius 3 is 2.71 bits per heavy atom. The van der Waals surface area contributed by atoms with Gasteiger partial charge < -0.3 is 5.32 Å². The molecule has 0 saturated heterocycles. The first kappa shape index (κ1) is 18.4. The average Bonchev–Trinajstić information content (AvgIpc) is 3.29. The van der Waals surface area contributed by atoms with Crippen molar-refractivity contribution in [2.24, 2.45) is 0 Å². The third kappa shape index (κ3) is 3.44. The van der Waals surface area contributed by atoms with Crippen molar-refractivity contribution in [3.05, 3.63) is 87.0 Å². The molecule has 5 nitrogen and oxygen atoms in total. The minimum absolute atomic E-state index is 0.167. The van der Waals surface area contributed by atoms with Crippen LogP contribution in [0.3, 0.4) is 0 Å². The van der Waals surface area contributed by atoms with Crippen LogP contribution < -0.4 is 5.32 Å². The molecular formula is C21H16ClN3O2S. The molecule has 1 aliphatic rings. The molecule has 3 aromatic rings. The number of aryl methyl sites for hydroxylation is 1. The maximum Gasteiger partial charge on any atom is 0.278 e. The molecule has 140 valence electrons. The fourth-order valence-electron chi connectivity index (χ4n) is 3.02. The second-order valence-electron chi connectivity index (χ2n) is 6.37. The summed E-state index contributed by atoms with van der Waals surface area (Å²) in [5.74, 6) is -0.685. The lowest BCUT2D eigenvalue weighted by Gasteiger charge is -2.15. The Kier molecular flexibility index (Phi) is 4.98. The Hall–Kier alpha value is -2.96. The molecule has 2 amide bonds. The number of anilines is 1. The Morgan fingerprint density at radius 2 is 2.00 bits per heavy atom. The van der Waals surface area contributed by atoms with Gasteiger partial charge in [-0.1, -0.05) is 29.8 Å². The summed E-state index contributed by atoms with van der Waals surface area (Å²) in [4.78, 5) is 32.4. The summed E-state index contributed by atoms with van der Waals surface area (Å²) in [6, 6.07) is 12.7. The number of hydrogen-bond acceptors (Lipinski definition) is 5. The van der Waals surface area contributed by atoms with E-state index in [1.165, 1.54) is 16.2 Å². The van der Waals surface area contributed by atoms with Crippen molar-refractivity contribution in [2.75, 3.05) is 5.32 Å². The van der Waals surface area contributed by atoms with Crippen molar-refractivity contribution in [3.63, 3.8) is 0 Å². The van der Waals surface area contributed by atoms with Crippen molar-refractivity contribution in [1.82, 2.24) is 9.88 Å². The number of rotatable bonds is 5. The minimum atomic E-state index is -0.364. The van der Waals surface area contributed by atoms with Crippen LogP contribution in [0.5, 0.6) is 0 Å². The normalized spacial score (nSPS) is 14.1. The van der Waals surface area contributed by atoms with Gasteiger partial charge >= 0.3 is 0 Å². The van der Waals surface area contributed by atoms with Gasteiger partial charge in [-0.3, -0.25) is 19.5 Å². The zero-order valence-corrected chi connectivity index (χ0v) is 16.6. The topological polar surface area (TPSA) is 62.3 Å². The highest BCUT2D eigenvalue weighted by molar-refractivity contribution is 7.11. The van der Waals surface area contributed by atoms with E-state index in [0.29, 0.717) is 16.3 Å². The molecule has 0 bridgehead atoms. The number of benzene rings is 1. The summed E-state index contributed by atoms with van der Waals surface area (Å²) >= 11 is 7.54. The summed E-state index contributed by atoms with van der Waals surface area (Å²) < 4.78 is 0. The van der Waals surface area contributed by atoms with Gasteiger partial charge in [-0.15, -0.1) is 11.3 Å². The number of carbonyl (C=O) groups is 2. The number of aromatic nitrogens is 1. The molecule has 2 aromatic heterocycles. The summed E-state index contributed by atoms with van der Waals surface area (Å²) in [6.45, 7) is 2.08. The van der Waals surface area contributed by atoms with Gasteiger partial charge in [0.2, 0.25) is 0 Å². The van der Waals surface area contributed by atoms with Gasteiger partial charge in [0.1, 0.15) is 5.70 Å². The van der Waals surface area contributed by atoms with Gasteiger partial charge in [-0.05, 0) is 47.7 Å². The molecule has 3 heterocycles. The van der Waals surface area contributed by atoms with E-state index >= 15 is 0 Å². The molecule has 0 spiro atoms. The molecule has 7 heteroatoms. The molecule has 0 atom stereocenters. The lowest BCUT2D eigenvalue weighted by atomic mass is 10.1. The molecule has 0 aliphatic carbocycles. The zero-order chi connectivity index (χ0) is 19.7. The van der Waals surface area contributed by atoms with Crippen LogP contribution >= 0.6 is 22.9 Å². The molecule has 4 rings (SSSR count). The predicted octanol–water partition coefficient (Wildman–Crippen LogP) is 4.50. The van der Waals surface area contributed by atoms with Crippen molar-refractivity contribution in [3.8, 4) is 0 Å². The van der Waals surface area contributed by atoms with Crippen LogP contribution in [-0.4, -0.2) is 21.7 Å². The maximum atomic E-state index is 13.2. The first-order valence-corrected chi connectivity index (χ1v) is 9.87. The number of carbonyl (C=O) groups excluding carboxylic acids is 2. The lowest BCUT2D eigenvalue weighted by molar-refractivity contribution is -0.137. The number of pyridine rings is 1. The Morgan fingerprint density at radius 1 is 1.14 bits per heavy atom. The van der Waals surface area contributed by atoms with Crippen LogP contribution in [0.2, 0.25) is 5.02 Å². The van der Waals surface area contributed by atoms with E-state index in [0.717, 1.165) is 16.0 Å². The Bertz CT molecular complexity index is 1080. The largest absolute Gasteiger partial charge is 0.350 e. The molecule has 1 N–H and O–H groups in total. The van der Waals surface area contributed by atoms with E-state index in [-0.39, 0.29) is 24.1 Å². The van der Waals surface area contributed by atoms with Crippen LogP contribution in [-0.2, 0) is 16.1 Å². The van der Waals surface area contributed by atoms with Gasteiger partial charge in [-0.2, -0.15) is 0 Å². The molecule has 1 aliphatic heterocycles. The van der Waals surface area contributed by atoms with E-state index in [1.54, 1.807) is 30.6 Å². The molecule has 0 radical (unpaired) electrons. The highest BCUT2D eigenvalue weighted by Crippen LogP contribution is 2.34. The van der Waals surface area contributed by atoms with Gasteiger partial charge in [0.25, 0.3) is 11.8 Å². The van der Waals surface area contributed by atoms with Crippen LogP contribution in [0.4, 0.5) is 5.69 Å². The first-order valence-electron chi connectivity index (χ1n) is 8.61. The van der Waals surface area contributed by atoms with Crippen LogP contribution in [0.15, 0.2) is 65.9 Å². The summed E-state index contributed by atoms with van der Waals surface area (Å²) in [6.07, 6.45) is 3.30. The van der Waals surface area contributed by atoms with Crippen LogP contribution in [0, 0.1) is 6.92 Å². The Labute approximate surface area is 171 Å². The van der Waals surface area contributed by atoms with Crippen molar-refractivity contribution >= 4 is 46.0 Å².